The maximum atomic E-state index is 14.7. The minimum absolute atomic E-state index is 0.0677. The van der Waals surface area contributed by atoms with Crippen molar-refractivity contribution in [2.45, 2.75) is 205 Å². The molecule has 18 heteroatoms. The smallest absolute Gasteiger partial charge is 0.335 e. The third-order valence-electron chi connectivity index (χ3n) is 18.9. The van der Waals surface area contributed by atoms with Crippen molar-refractivity contribution < 1.29 is 89.1 Å². The van der Waals surface area contributed by atoms with Crippen molar-refractivity contribution in [2.24, 2.45) is 50.2 Å². The molecule has 65 heavy (non-hydrogen) atoms. The molecular formula is C47H74O18. The zero-order chi connectivity index (χ0) is 47.6. The van der Waals surface area contributed by atoms with Crippen LogP contribution in [0, 0.1) is 50.2 Å². The summed E-state index contributed by atoms with van der Waals surface area (Å²) in [6, 6.07) is 0. The Labute approximate surface area is 380 Å². The van der Waals surface area contributed by atoms with E-state index in [0.717, 1.165) is 44.9 Å². The Bertz CT molecular complexity index is 1820. The molecule has 0 radical (unpaired) electrons. The van der Waals surface area contributed by atoms with Crippen molar-refractivity contribution in [3.8, 4) is 0 Å². The number of hydrogen-bond donors (Lipinski definition) is 10. The van der Waals surface area contributed by atoms with Crippen LogP contribution in [0.1, 0.15) is 113 Å². The quantitative estimate of drug-likeness (QED) is 0.0918. The molecule has 3 heterocycles. The molecule has 0 aromatic heterocycles. The van der Waals surface area contributed by atoms with Gasteiger partial charge < -0.3 is 79.5 Å². The van der Waals surface area contributed by atoms with Crippen LogP contribution in [0.3, 0.4) is 0 Å². The van der Waals surface area contributed by atoms with Gasteiger partial charge in [-0.2, -0.15) is 0 Å². The highest BCUT2D eigenvalue weighted by Crippen LogP contribution is 2.76. The van der Waals surface area contributed by atoms with E-state index in [1.54, 1.807) is 0 Å². The van der Waals surface area contributed by atoms with Crippen LogP contribution in [-0.2, 0) is 38.0 Å². The molecule has 18 nitrogen and oxygen atoms in total. The van der Waals surface area contributed by atoms with E-state index in [1.807, 2.05) is 0 Å². The second kappa shape index (κ2) is 17.2. The molecule has 0 unspecified atom stereocenters. The van der Waals surface area contributed by atoms with Gasteiger partial charge in [-0.15, -0.1) is 0 Å². The van der Waals surface area contributed by atoms with Gasteiger partial charge in [0, 0.05) is 0 Å². The molecule has 0 aromatic carbocycles. The summed E-state index contributed by atoms with van der Waals surface area (Å²) in [6.07, 6.45) is -13.7. The first-order valence-corrected chi connectivity index (χ1v) is 23.7. The highest BCUT2D eigenvalue weighted by atomic mass is 16.7. The van der Waals surface area contributed by atoms with Crippen LogP contribution in [0.25, 0.3) is 0 Å². The van der Waals surface area contributed by atoms with E-state index in [9.17, 15) is 60.7 Å². The van der Waals surface area contributed by atoms with E-state index in [2.05, 4.69) is 54.5 Å². The second-order valence-corrected chi connectivity index (χ2v) is 23.1. The Balaban J connectivity index is 1.03. The fourth-order valence-electron chi connectivity index (χ4n) is 14.7. The van der Waals surface area contributed by atoms with Gasteiger partial charge in [0.25, 0.3) is 0 Å². The number of carbonyl (C=O) groups is 2. The van der Waals surface area contributed by atoms with Crippen molar-refractivity contribution in [1.82, 2.24) is 0 Å². The minimum Gasteiger partial charge on any atom is -0.479 e. The third-order valence-corrected chi connectivity index (χ3v) is 18.9. The Morgan fingerprint density at radius 3 is 2.06 bits per heavy atom. The van der Waals surface area contributed by atoms with Gasteiger partial charge >= 0.3 is 11.9 Å². The van der Waals surface area contributed by atoms with Gasteiger partial charge in [0.1, 0.15) is 61.0 Å². The van der Waals surface area contributed by atoms with Gasteiger partial charge in [-0.05, 0) is 109 Å². The van der Waals surface area contributed by atoms with Crippen LogP contribution >= 0.6 is 0 Å². The number of carboxylic acids is 1. The standard InChI is InChI=1S/C47H74O18/c1-42(2)14-16-47(41(59)65-39-32(54)30(52)29(51)24(19-48)61-39)17-15-45(6)21(22(47)18-42)8-9-26-44(5)12-11-27(43(3,4)25(44)10-13-46(26,45)7)62-40-34(56)35(33(55)36(64-40)37(57)58)63-38-31(53)28(50)23(49)20-60-38/h8,22-36,38-40,48-56H,9-20H2,1-7H3,(H,57,58)/t22-,23+,24+,25-,26+,27-,28-,29+,30-,31-,32+,33-,34+,35-,36-,38-,39-,40+,44-,45+,46+,47-/m0/s1. The highest BCUT2D eigenvalue weighted by molar-refractivity contribution is 5.79. The van der Waals surface area contributed by atoms with Gasteiger partial charge in [0.15, 0.2) is 18.7 Å². The van der Waals surface area contributed by atoms with Crippen molar-refractivity contribution in [3.63, 3.8) is 0 Å². The molecule has 5 aliphatic carbocycles. The SMILES string of the molecule is CC1(C)CC[C@]2(C(=O)O[C@@H]3O[C@H](CO)[C@@H](O)[C@H](O)[C@H]3O)CC[C@]3(C)C(=CC[C@@H]4[C@@]5(C)CC[C@H](O[C@@H]6O[C@H](C(=O)O)[C@@H](O)[C@H](O[C@@H]7OC[C@@H](O)[C@H](O)[C@@H]7O)[C@H]6O)C(C)(C)[C@@H]5CC[C@]43C)[C@@H]2C1. The van der Waals surface area contributed by atoms with Crippen molar-refractivity contribution >= 4 is 11.9 Å². The Hall–Kier alpha value is -1.88. The van der Waals surface area contributed by atoms with Crippen LogP contribution in [0.5, 0.6) is 0 Å². The van der Waals surface area contributed by atoms with E-state index in [4.69, 9.17) is 28.4 Å². The monoisotopic (exact) mass is 926 g/mol. The molecular weight excluding hydrogens is 852 g/mol. The summed E-state index contributed by atoms with van der Waals surface area (Å²) in [5, 5.41) is 105. The molecule has 0 amide bonds. The fourth-order valence-corrected chi connectivity index (χ4v) is 14.7. The number of allylic oxidation sites excluding steroid dienone is 2. The predicted octanol–water partition coefficient (Wildman–Crippen LogP) is 0.872. The number of aliphatic carboxylic acids is 1. The number of hydrogen-bond acceptors (Lipinski definition) is 17. The highest BCUT2D eigenvalue weighted by Gasteiger charge is 2.70. The summed E-state index contributed by atoms with van der Waals surface area (Å²) < 4.78 is 35.1. The number of rotatable bonds is 8. The number of esters is 1. The lowest BCUT2D eigenvalue weighted by atomic mass is 9.33. The summed E-state index contributed by atoms with van der Waals surface area (Å²) in [7, 11) is 0. The second-order valence-electron chi connectivity index (χ2n) is 23.1. The van der Waals surface area contributed by atoms with Crippen molar-refractivity contribution in [2.75, 3.05) is 13.2 Å². The number of carboxylic acid groups (broad SMARTS) is 1. The minimum atomic E-state index is -1.90. The molecule has 4 saturated carbocycles. The molecule has 8 rings (SSSR count). The molecule has 10 N–H and O–H groups in total. The normalized spacial score (nSPS) is 52.7. The number of aliphatic hydroxyl groups is 9. The first kappa shape index (κ1) is 49.5. The van der Waals surface area contributed by atoms with Crippen LogP contribution in [0.4, 0.5) is 0 Å². The van der Waals surface area contributed by atoms with E-state index in [1.165, 1.54) is 5.57 Å². The molecule has 7 fully saturated rings. The largest absolute Gasteiger partial charge is 0.479 e. The zero-order valence-corrected chi connectivity index (χ0v) is 38.7. The van der Waals surface area contributed by atoms with Gasteiger partial charge in [-0.25, -0.2) is 4.79 Å². The molecule has 8 aliphatic rings. The van der Waals surface area contributed by atoms with Crippen LogP contribution < -0.4 is 0 Å². The van der Waals surface area contributed by atoms with Crippen molar-refractivity contribution in [3.05, 3.63) is 11.6 Å². The first-order chi connectivity index (χ1) is 30.3. The van der Waals surface area contributed by atoms with Crippen LogP contribution in [0.15, 0.2) is 11.6 Å². The van der Waals surface area contributed by atoms with Gasteiger partial charge in [0.05, 0.1) is 24.7 Å². The average Bonchev–Trinajstić information content (AvgIpc) is 3.24. The molecule has 3 saturated heterocycles. The lowest BCUT2D eigenvalue weighted by Gasteiger charge is -2.71. The van der Waals surface area contributed by atoms with Crippen molar-refractivity contribution in [1.29, 1.82) is 0 Å². The molecule has 0 spiro atoms. The first-order valence-electron chi connectivity index (χ1n) is 23.7. The lowest BCUT2D eigenvalue weighted by Crippen LogP contribution is -2.67. The average molecular weight is 927 g/mol. The lowest BCUT2D eigenvalue weighted by molar-refractivity contribution is -0.357. The van der Waals surface area contributed by atoms with E-state index in [0.29, 0.717) is 19.3 Å². The number of aliphatic hydroxyl groups excluding tert-OH is 9. The maximum absolute atomic E-state index is 14.7. The summed E-state index contributed by atoms with van der Waals surface area (Å²) in [5.41, 5.74) is -0.846. The maximum Gasteiger partial charge on any atom is 0.335 e. The van der Waals surface area contributed by atoms with Crippen LogP contribution in [0.2, 0.25) is 0 Å². The third kappa shape index (κ3) is 7.76. The zero-order valence-electron chi connectivity index (χ0n) is 38.7. The Morgan fingerprint density at radius 2 is 1.38 bits per heavy atom. The number of ether oxygens (including phenoxy) is 6. The van der Waals surface area contributed by atoms with Gasteiger partial charge in [-0.1, -0.05) is 60.1 Å². The molecule has 370 valence electrons. The van der Waals surface area contributed by atoms with E-state index in [-0.39, 0.29) is 39.4 Å². The van der Waals surface area contributed by atoms with Gasteiger partial charge in [0.2, 0.25) is 6.29 Å². The molecule has 3 aliphatic heterocycles. The summed E-state index contributed by atoms with van der Waals surface area (Å²) in [4.78, 5) is 27.0. The van der Waals surface area contributed by atoms with E-state index < -0.39 is 128 Å². The number of carbonyl (C=O) groups excluding carboxylic acids is 1. The molecule has 0 bridgehead atoms. The summed E-state index contributed by atoms with van der Waals surface area (Å²) in [5.74, 6) is -1.80. The number of fused-ring (bicyclic) bond motifs is 7. The molecule has 22 atom stereocenters. The Morgan fingerprint density at radius 1 is 0.708 bits per heavy atom. The fraction of sp³-hybridized carbons (Fsp3) is 0.915. The topological polar surface area (TPSA) is 292 Å². The van der Waals surface area contributed by atoms with Gasteiger partial charge in [-0.3, -0.25) is 4.79 Å². The predicted molar refractivity (Wildman–Crippen MR) is 225 cm³/mol. The van der Waals surface area contributed by atoms with E-state index >= 15 is 0 Å². The molecule has 0 aromatic rings. The summed E-state index contributed by atoms with van der Waals surface area (Å²) in [6.45, 7) is 14.9. The summed E-state index contributed by atoms with van der Waals surface area (Å²) >= 11 is 0. The van der Waals surface area contributed by atoms with Crippen LogP contribution in [-0.4, -0.2) is 168 Å². The Kier molecular flexibility index (Phi) is 13.1.